The summed E-state index contributed by atoms with van der Waals surface area (Å²) in [5.41, 5.74) is 1.70. The van der Waals surface area contributed by atoms with E-state index in [0.717, 1.165) is 5.56 Å². The first kappa shape index (κ1) is 15.8. The number of aromatic nitrogens is 1. The van der Waals surface area contributed by atoms with Crippen LogP contribution in [-0.4, -0.2) is 16.7 Å². The van der Waals surface area contributed by atoms with E-state index in [4.69, 9.17) is 9.47 Å². The SMILES string of the molecule is O=C(Oc1ccc2c(c1)O/C(=C\c1ccccc1)C2=O)c1ccncc1. The van der Waals surface area contributed by atoms with Crippen LogP contribution in [0.5, 0.6) is 11.5 Å². The molecule has 0 atom stereocenters. The molecule has 1 aromatic heterocycles. The van der Waals surface area contributed by atoms with E-state index < -0.39 is 5.97 Å². The minimum atomic E-state index is -0.503. The number of hydrogen-bond donors (Lipinski definition) is 0. The third-order valence-electron chi connectivity index (χ3n) is 3.87. The highest BCUT2D eigenvalue weighted by molar-refractivity contribution is 6.14. The molecule has 1 aliphatic heterocycles. The zero-order chi connectivity index (χ0) is 17.9. The summed E-state index contributed by atoms with van der Waals surface area (Å²) in [5.74, 6) is 0.216. The Hall–Kier alpha value is -3.73. The monoisotopic (exact) mass is 343 g/mol. The Morgan fingerprint density at radius 2 is 1.77 bits per heavy atom. The second kappa shape index (κ2) is 6.64. The summed E-state index contributed by atoms with van der Waals surface area (Å²) in [5, 5.41) is 0. The average molecular weight is 343 g/mol. The summed E-state index contributed by atoms with van der Waals surface area (Å²) in [7, 11) is 0. The van der Waals surface area contributed by atoms with Crippen LogP contribution in [0.15, 0.2) is 78.8 Å². The number of nitrogens with zero attached hydrogens (tertiary/aromatic N) is 1. The number of esters is 1. The molecular weight excluding hydrogens is 330 g/mol. The molecule has 26 heavy (non-hydrogen) atoms. The lowest BCUT2D eigenvalue weighted by Crippen LogP contribution is -2.08. The number of Topliss-reactive ketones (excluding diaryl/α,β-unsaturated/α-hetero) is 1. The molecule has 0 fully saturated rings. The van der Waals surface area contributed by atoms with E-state index >= 15 is 0 Å². The maximum absolute atomic E-state index is 12.4. The van der Waals surface area contributed by atoms with Crippen molar-refractivity contribution >= 4 is 17.8 Å². The zero-order valence-corrected chi connectivity index (χ0v) is 13.6. The number of carbonyl (C=O) groups is 2. The normalized spacial score (nSPS) is 14.0. The zero-order valence-electron chi connectivity index (χ0n) is 13.6. The van der Waals surface area contributed by atoms with Crippen molar-refractivity contribution in [2.45, 2.75) is 0 Å². The molecule has 3 aromatic rings. The third kappa shape index (κ3) is 3.10. The fourth-order valence-corrected chi connectivity index (χ4v) is 2.59. The first-order valence-electron chi connectivity index (χ1n) is 7.96. The number of ether oxygens (including phenoxy) is 2. The van der Waals surface area contributed by atoms with Crippen LogP contribution in [0, 0.1) is 0 Å². The van der Waals surface area contributed by atoms with Gasteiger partial charge in [0.05, 0.1) is 11.1 Å². The Kier molecular flexibility index (Phi) is 4.03. The predicted molar refractivity (Wildman–Crippen MR) is 95.0 cm³/mol. The van der Waals surface area contributed by atoms with Crippen LogP contribution in [0.25, 0.3) is 6.08 Å². The third-order valence-corrected chi connectivity index (χ3v) is 3.87. The molecule has 0 N–H and O–H groups in total. The van der Waals surface area contributed by atoms with E-state index in [1.165, 1.54) is 18.5 Å². The molecule has 126 valence electrons. The van der Waals surface area contributed by atoms with Gasteiger partial charge in [0.25, 0.3) is 0 Å². The summed E-state index contributed by atoms with van der Waals surface area (Å²) < 4.78 is 11.0. The van der Waals surface area contributed by atoms with E-state index in [1.54, 1.807) is 30.3 Å². The Balaban J connectivity index is 1.56. The summed E-state index contributed by atoms with van der Waals surface area (Å²) in [6, 6.07) is 17.3. The molecule has 0 aliphatic carbocycles. The lowest BCUT2D eigenvalue weighted by molar-refractivity contribution is 0.0734. The minimum absolute atomic E-state index is 0.198. The Labute approximate surface area is 149 Å². The molecular formula is C21H13NO4. The molecule has 4 rings (SSSR count). The van der Waals surface area contributed by atoms with Crippen LogP contribution in [-0.2, 0) is 0 Å². The molecule has 0 saturated carbocycles. The van der Waals surface area contributed by atoms with Crippen molar-refractivity contribution in [1.29, 1.82) is 0 Å². The molecule has 0 amide bonds. The molecule has 0 saturated heterocycles. The Bertz CT molecular complexity index is 1010. The van der Waals surface area contributed by atoms with Gasteiger partial charge in [-0.1, -0.05) is 30.3 Å². The van der Waals surface area contributed by atoms with E-state index in [-0.39, 0.29) is 11.5 Å². The van der Waals surface area contributed by atoms with Gasteiger partial charge in [0.2, 0.25) is 5.78 Å². The van der Waals surface area contributed by atoms with Gasteiger partial charge in [-0.25, -0.2) is 4.79 Å². The second-order valence-corrected chi connectivity index (χ2v) is 5.63. The molecule has 0 spiro atoms. The van der Waals surface area contributed by atoms with Gasteiger partial charge < -0.3 is 9.47 Å². The smallest absolute Gasteiger partial charge is 0.343 e. The highest BCUT2D eigenvalue weighted by Crippen LogP contribution is 2.35. The molecule has 0 radical (unpaired) electrons. The van der Waals surface area contributed by atoms with Crippen LogP contribution in [0.2, 0.25) is 0 Å². The van der Waals surface area contributed by atoms with Crippen LogP contribution in [0.3, 0.4) is 0 Å². The van der Waals surface area contributed by atoms with Gasteiger partial charge in [-0.05, 0) is 35.9 Å². The van der Waals surface area contributed by atoms with Crippen molar-refractivity contribution in [2.24, 2.45) is 0 Å². The molecule has 2 heterocycles. The fourth-order valence-electron chi connectivity index (χ4n) is 2.59. The number of hydrogen-bond acceptors (Lipinski definition) is 5. The number of carbonyl (C=O) groups excluding carboxylic acids is 2. The Morgan fingerprint density at radius 3 is 2.54 bits per heavy atom. The first-order valence-corrected chi connectivity index (χ1v) is 7.96. The largest absolute Gasteiger partial charge is 0.452 e. The van der Waals surface area contributed by atoms with E-state index in [9.17, 15) is 9.59 Å². The number of pyridine rings is 1. The van der Waals surface area contributed by atoms with Crippen LogP contribution >= 0.6 is 0 Å². The van der Waals surface area contributed by atoms with Gasteiger partial charge in [0.15, 0.2) is 5.76 Å². The van der Waals surface area contributed by atoms with Crippen molar-refractivity contribution < 1.29 is 19.1 Å². The van der Waals surface area contributed by atoms with Gasteiger partial charge in [0.1, 0.15) is 11.5 Å². The summed E-state index contributed by atoms with van der Waals surface area (Å²) in [4.78, 5) is 28.4. The van der Waals surface area contributed by atoms with Crippen molar-refractivity contribution in [3.05, 3.63) is 95.5 Å². The average Bonchev–Trinajstić information content (AvgIpc) is 2.98. The van der Waals surface area contributed by atoms with Gasteiger partial charge in [-0.3, -0.25) is 9.78 Å². The molecule has 0 unspecified atom stereocenters. The van der Waals surface area contributed by atoms with Crippen LogP contribution in [0.4, 0.5) is 0 Å². The van der Waals surface area contributed by atoms with Gasteiger partial charge in [0, 0.05) is 18.5 Å². The number of ketones is 1. The fraction of sp³-hybridized carbons (Fsp3) is 0. The lowest BCUT2D eigenvalue weighted by atomic mass is 10.1. The van der Waals surface area contributed by atoms with Crippen LogP contribution in [0.1, 0.15) is 26.3 Å². The number of allylic oxidation sites excluding steroid dienone is 1. The number of benzene rings is 2. The topological polar surface area (TPSA) is 65.5 Å². The standard InChI is InChI=1S/C21H13NO4/c23-20-17-7-6-16(25-21(24)15-8-10-22-11-9-15)13-18(17)26-19(20)12-14-4-2-1-3-5-14/h1-13H/b19-12-. The summed E-state index contributed by atoms with van der Waals surface area (Å²) >= 11 is 0. The quantitative estimate of drug-likeness (QED) is 0.410. The minimum Gasteiger partial charge on any atom is -0.452 e. The van der Waals surface area contributed by atoms with Crippen molar-refractivity contribution in [1.82, 2.24) is 4.98 Å². The number of rotatable bonds is 3. The van der Waals surface area contributed by atoms with Gasteiger partial charge in [-0.15, -0.1) is 0 Å². The maximum atomic E-state index is 12.4. The molecule has 2 aromatic carbocycles. The van der Waals surface area contributed by atoms with Crippen LogP contribution < -0.4 is 9.47 Å². The summed E-state index contributed by atoms with van der Waals surface area (Å²) in [6.45, 7) is 0. The molecule has 5 heteroatoms. The van der Waals surface area contributed by atoms with Gasteiger partial charge in [-0.2, -0.15) is 0 Å². The summed E-state index contributed by atoms with van der Waals surface area (Å²) in [6.07, 6.45) is 4.72. The van der Waals surface area contributed by atoms with E-state index in [1.807, 2.05) is 30.3 Å². The van der Waals surface area contributed by atoms with E-state index in [0.29, 0.717) is 22.6 Å². The predicted octanol–water partition coefficient (Wildman–Crippen LogP) is 3.92. The van der Waals surface area contributed by atoms with Crippen molar-refractivity contribution in [3.8, 4) is 11.5 Å². The molecule has 5 nitrogen and oxygen atoms in total. The highest BCUT2D eigenvalue weighted by atomic mass is 16.5. The molecule has 1 aliphatic rings. The highest BCUT2D eigenvalue weighted by Gasteiger charge is 2.28. The second-order valence-electron chi connectivity index (χ2n) is 5.63. The van der Waals surface area contributed by atoms with Gasteiger partial charge >= 0.3 is 5.97 Å². The molecule has 0 bridgehead atoms. The van der Waals surface area contributed by atoms with E-state index in [2.05, 4.69) is 4.98 Å². The lowest BCUT2D eigenvalue weighted by Gasteiger charge is -2.05. The van der Waals surface area contributed by atoms with Crippen molar-refractivity contribution in [3.63, 3.8) is 0 Å². The Morgan fingerprint density at radius 1 is 1.00 bits per heavy atom. The first-order chi connectivity index (χ1) is 12.7. The number of fused-ring (bicyclic) bond motifs is 1. The maximum Gasteiger partial charge on any atom is 0.343 e. The van der Waals surface area contributed by atoms with Crippen molar-refractivity contribution in [2.75, 3.05) is 0 Å².